The van der Waals surface area contributed by atoms with E-state index in [-0.39, 0.29) is 0 Å². The minimum absolute atomic E-state index is 0.553. The second kappa shape index (κ2) is 11.1. The van der Waals surface area contributed by atoms with Gasteiger partial charge in [-0.25, -0.2) is 9.59 Å². The lowest BCUT2D eigenvalue weighted by molar-refractivity contribution is -0.348. The fraction of sp³-hybridized carbons (Fsp3) is 0.857. The van der Waals surface area contributed by atoms with Crippen molar-refractivity contribution in [3.05, 3.63) is 0 Å². The summed E-state index contributed by atoms with van der Waals surface area (Å²) in [5.41, 5.74) is 0. The molecule has 202 valence electrons. The molecule has 0 spiro atoms. The summed E-state index contributed by atoms with van der Waals surface area (Å²) in [6.07, 6.45) is -13.5. The first kappa shape index (κ1) is 31.9. The summed E-state index contributed by atoms with van der Waals surface area (Å²) in [6, 6.07) is 0. The molecule has 0 aromatic heterocycles. The van der Waals surface area contributed by atoms with Gasteiger partial charge in [-0.05, 0) is 0 Å². The van der Waals surface area contributed by atoms with Crippen LogP contribution in [-0.4, -0.2) is 87.6 Å². The molecule has 0 saturated carbocycles. The molecule has 0 aliphatic heterocycles. The molecule has 0 amide bonds. The van der Waals surface area contributed by atoms with E-state index in [1.807, 2.05) is 0 Å². The lowest BCUT2D eigenvalue weighted by Crippen LogP contribution is -2.56. The van der Waals surface area contributed by atoms with Crippen LogP contribution in [-0.2, 0) is 28.5 Å². The minimum atomic E-state index is -6.76. The average molecular weight is 542 g/mol. The fourth-order valence-electron chi connectivity index (χ4n) is 1.50. The summed E-state index contributed by atoms with van der Waals surface area (Å²) < 4.78 is 189. The number of esters is 2. The zero-order chi connectivity index (χ0) is 27.2. The average Bonchev–Trinajstić information content (AvgIpc) is 2.66. The molecular formula is C14H12F14O6. The van der Waals surface area contributed by atoms with E-state index >= 15 is 0 Å². The zero-order valence-electron chi connectivity index (χ0n) is 16.0. The van der Waals surface area contributed by atoms with Crippen LogP contribution in [0, 0.1) is 0 Å². The van der Waals surface area contributed by atoms with Gasteiger partial charge in [0, 0.05) is 0 Å². The Balaban J connectivity index is 4.17. The van der Waals surface area contributed by atoms with E-state index < -0.39 is 87.6 Å². The lowest BCUT2D eigenvalue weighted by Gasteiger charge is -2.26. The van der Waals surface area contributed by atoms with Gasteiger partial charge < -0.3 is 18.9 Å². The van der Waals surface area contributed by atoms with Gasteiger partial charge in [0.15, 0.2) is 0 Å². The first-order chi connectivity index (χ1) is 15.0. The highest BCUT2D eigenvalue weighted by Crippen LogP contribution is 2.48. The van der Waals surface area contributed by atoms with E-state index in [1.54, 1.807) is 0 Å². The number of hydrogen-bond acceptors (Lipinski definition) is 6. The molecule has 0 atom stereocenters. The van der Waals surface area contributed by atoms with Crippen LogP contribution in [0.3, 0.4) is 0 Å². The Morgan fingerprint density at radius 3 is 0.912 bits per heavy atom. The molecule has 20 heteroatoms. The number of halogens is 14. The SMILES string of the molecule is O=C(OCCOCCOCCOC(=O)C(F)(F)C(F)(F)C(F)(F)F)C(F)(F)C(F)(F)C(F)(F)F. The van der Waals surface area contributed by atoms with Crippen molar-refractivity contribution in [1.29, 1.82) is 0 Å². The molecule has 0 unspecified atom stereocenters. The molecule has 0 aliphatic carbocycles. The fourth-order valence-corrected chi connectivity index (χ4v) is 1.50. The summed E-state index contributed by atoms with van der Waals surface area (Å²) in [5.74, 6) is -32.3. The predicted molar refractivity (Wildman–Crippen MR) is 75.5 cm³/mol. The topological polar surface area (TPSA) is 71.1 Å². The van der Waals surface area contributed by atoms with E-state index in [4.69, 9.17) is 0 Å². The molecule has 34 heavy (non-hydrogen) atoms. The predicted octanol–water partition coefficient (Wildman–Crippen LogP) is 3.77. The molecule has 0 aliphatic rings. The lowest BCUT2D eigenvalue weighted by atomic mass is 10.1. The third kappa shape index (κ3) is 7.19. The van der Waals surface area contributed by atoms with Crippen molar-refractivity contribution in [3.63, 3.8) is 0 Å². The smallest absolute Gasteiger partial charge is 0.459 e. The molecule has 0 heterocycles. The second-order valence-electron chi connectivity index (χ2n) is 5.79. The van der Waals surface area contributed by atoms with Crippen molar-refractivity contribution in [2.75, 3.05) is 39.6 Å². The van der Waals surface area contributed by atoms with E-state index in [1.165, 1.54) is 0 Å². The van der Waals surface area contributed by atoms with Crippen LogP contribution in [0.1, 0.15) is 0 Å². The third-order valence-corrected chi connectivity index (χ3v) is 3.31. The van der Waals surface area contributed by atoms with Gasteiger partial charge in [0.2, 0.25) is 0 Å². The Labute approximate surface area is 179 Å². The number of hydrogen-bond donors (Lipinski definition) is 0. The zero-order valence-corrected chi connectivity index (χ0v) is 16.0. The summed E-state index contributed by atoms with van der Waals surface area (Å²) >= 11 is 0. The highest BCUT2D eigenvalue weighted by molar-refractivity contribution is 5.79. The Hall–Kier alpha value is -2.12. The Bertz CT molecular complexity index is 629. The van der Waals surface area contributed by atoms with Gasteiger partial charge in [-0.1, -0.05) is 0 Å². The monoisotopic (exact) mass is 542 g/mol. The van der Waals surface area contributed by atoms with Gasteiger partial charge >= 0.3 is 48.0 Å². The normalized spacial score (nSPS) is 14.2. The van der Waals surface area contributed by atoms with Gasteiger partial charge in [0.1, 0.15) is 13.2 Å². The van der Waals surface area contributed by atoms with Crippen LogP contribution in [0.15, 0.2) is 0 Å². The first-order valence-electron chi connectivity index (χ1n) is 8.19. The molecule has 0 saturated heterocycles. The maximum Gasteiger partial charge on any atom is 0.460 e. The summed E-state index contributed by atoms with van der Waals surface area (Å²) in [6.45, 7) is -5.22. The van der Waals surface area contributed by atoms with Crippen molar-refractivity contribution < 1.29 is 90.0 Å². The van der Waals surface area contributed by atoms with Crippen LogP contribution < -0.4 is 0 Å². The van der Waals surface area contributed by atoms with Crippen LogP contribution in [0.25, 0.3) is 0 Å². The molecule has 0 rings (SSSR count). The van der Waals surface area contributed by atoms with Crippen LogP contribution in [0.5, 0.6) is 0 Å². The quantitative estimate of drug-likeness (QED) is 0.201. The number of rotatable bonds is 13. The largest absolute Gasteiger partial charge is 0.460 e. The molecule has 0 bridgehead atoms. The molecule has 0 radical (unpaired) electrons. The third-order valence-electron chi connectivity index (χ3n) is 3.31. The summed E-state index contributed by atoms with van der Waals surface area (Å²) in [7, 11) is 0. The number of carbonyl (C=O) groups excluding carboxylic acids is 2. The highest BCUT2D eigenvalue weighted by Gasteiger charge is 2.78. The highest BCUT2D eigenvalue weighted by atomic mass is 19.4. The molecule has 6 nitrogen and oxygen atoms in total. The maximum absolute atomic E-state index is 12.9. The van der Waals surface area contributed by atoms with Crippen LogP contribution in [0.2, 0.25) is 0 Å². The molecular weight excluding hydrogens is 530 g/mol. The van der Waals surface area contributed by atoms with E-state index in [9.17, 15) is 71.1 Å². The molecule has 0 aromatic rings. The van der Waals surface area contributed by atoms with Crippen molar-refractivity contribution >= 4 is 11.9 Å². The van der Waals surface area contributed by atoms with Crippen molar-refractivity contribution in [2.45, 2.75) is 36.0 Å². The van der Waals surface area contributed by atoms with Gasteiger partial charge in [-0.15, -0.1) is 0 Å². The van der Waals surface area contributed by atoms with E-state index in [0.717, 1.165) is 0 Å². The van der Waals surface area contributed by atoms with E-state index in [2.05, 4.69) is 18.9 Å². The van der Waals surface area contributed by atoms with Crippen LogP contribution in [0.4, 0.5) is 61.5 Å². The summed E-state index contributed by atoms with van der Waals surface area (Å²) in [4.78, 5) is 21.5. The Kier molecular flexibility index (Phi) is 10.4. The molecule has 0 fully saturated rings. The van der Waals surface area contributed by atoms with Gasteiger partial charge in [-0.2, -0.15) is 61.5 Å². The van der Waals surface area contributed by atoms with Gasteiger partial charge in [-0.3, -0.25) is 0 Å². The maximum atomic E-state index is 12.9. The number of carbonyl (C=O) groups is 2. The molecule has 0 N–H and O–H groups in total. The van der Waals surface area contributed by atoms with Crippen LogP contribution >= 0.6 is 0 Å². The summed E-state index contributed by atoms with van der Waals surface area (Å²) in [5, 5.41) is 0. The standard InChI is InChI=1S/C14H12F14O6/c15-9(16,11(19,20)13(23,24)25)7(29)33-5-3-31-1-2-32-4-6-34-8(30)10(17,18)12(21,22)14(26,27)28/h1-6H2. The number of ether oxygens (including phenoxy) is 4. The van der Waals surface area contributed by atoms with Crippen molar-refractivity contribution in [2.24, 2.45) is 0 Å². The first-order valence-corrected chi connectivity index (χ1v) is 8.19. The Morgan fingerprint density at radius 1 is 0.441 bits per heavy atom. The van der Waals surface area contributed by atoms with Gasteiger partial charge in [0.25, 0.3) is 0 Å². The Morgan fingerprint density at radius 2 is 0.676 bits per heavy atom. The van der Waals surface area contributed by atoms with Crippen molar-refractivity contribution in [1.82, 2.24) is 0 Å². The molecule has 0 aromatic carbocycles. The minimum Gasteiger partial charge on any atom is -0.459 e. The number of alkyl halides is 14. The van der Waals surface area contributed by atoms with E-state index in [0.29, 0.717) is 0 Å². The second-order valence-corrected chi connectivity index (χ2v) is 5.79. The van der Waals surface area contributed by atoms with Crippen molar-refractivity contribution in [3.8, 4) is 0 Å². The van der Waals surface area contributed by atoms with Gasteiger partial charge in [0.05, 0.1) is 26.4 Å².